The highest BCUT2D eigenvalue weighted by Gasteiger charge is 2.73. The van der Waals surface area contributed by atoms with Crippen LogP contribution in [0.2, 0.25) is 0 Å². The summed E-state index contributed by atoms with van der Waals surface area (Å²) in [6.45, 7) is 5.78. The van der Waals surface area contributed by atoms with Crippen molar-refractivity contribution in [3.8, 4) is 0 Å². The molecule has 0 N–H and O–H groups in total. The first kappa shape index (κ1) is 12.2. The Morgan fingerprint density at radius 2 is 2.06 bits per heavy atom. The Hall–Kier alpha value is -1.30. The summed E-state index contributed by atoms with van der Waals surface area (Å²) in [5.41, 5.74) is -1.82. The summed E-state index contributed by atoms with van der Waals surface area (Å²) in [4.78, 5) is 24.9. The van der Waals surface area contributed by atoms with Gasteiger partial charge in [-0.25, -0.2) is 9.59 Å². The number of nitrogens with zero attached hydrogens (tertiary/aromatic N) is 1. The molecule has 0 aromatic carbocycles. The van der Waals surface area contributed by atoms with E-state index in [2.05, 4.69) is 4.74 Å². The lowest BCUT2D eigenvalue weighted by Gasteiger charge is -2.27. The minimum absolute atomic E-state index is 0.248. The van der Waals surface area contributed by atoms with Gasteiger partial charge >= 0.3 is 12.1 Å². The molecular weight excluding hydrogens is 226 g/mol. The van der Waals surface area contributed by atoms with Gasteiger partial charge in [-0.05, 0) is 27.2 Å². The van der Waals surface area contributed by atoms with Gasteiger partial charge in [0.2, 0.25) is 0 Å². The molecule has 0 radical (unpaired) electrons. The first-order chi connectivity index (χ1) is 7.81. The normalized spacial score (nSPS) is 30.8. The summed E-state index contributed by atoms with van der Waals surface area (Å²) < 4.78 is 15.2. The second-order valence-corrected chi connectivity index (χ2v) is 5.22. The maximum absolute atomic E-state index is 11.9. The van der Waals surface area contributed by atoms with Crippen molar-refractivity contribution in [2.75, 3.05) is 13.7 Å². The van der Waals surface area contributed by atoms with Crippen molar-refractivity contribution in [1.29, 1.82) is 0 Å². The lowest BCUT2D eigenvalue weighted by atomic mass is 10.2. The number of amides is 1. The van der Waals surface area contributed by atoms with Crippen LogP contribution >= 0.6 is 0 Å². The molecule has 2 unspecified atom stereocenters. The van der Waals surface area contributed by atoms with E-state index in [0.717, 1.165) is 0 Å². The number of methoxy groups -OCH3 is 1. The molecule has 2 heterocycles. The fourth-order valence-corrected chi connectivity index (χ4v) is 2.07. The van der Waals surface area contributed by atoms with E-state index in [1.54, 1.807) is 20.8 Å². The number of rotatable bonds is 1. The summed E-state index contributed by atoms with van der Waals surface area (Å²) in [5.74, 6) is -0.536. The van der Waals surface area contributed by atoms with Crippen LogP contribution in [0.15, 0.2) is 0 Å². The van der Waals surface area contributed by atoms with E-state index in [0.29, 0.717) is 13.0 Å². The van der Waals surface area contributed by atoms with Gasteiger partial charge in [0.05, 0.1) is 7.11 Å². The molecule has 0 aliphatic carbocycles. The summed E-state index contributed by atoms with van der Waals surface area (Å²) in [6.07, 6.45) is -0.153. The van der Waals surface area contributed by atoms with Crippen LogP contribution in [-0.2, 0) is 19.0 Å². The average Bonchev–Trinajstić information content (AvgIpc) is 2.81. The summed E-state index contributed by atoms with van der Waals surface area (Å²) >= 11 is 0. The van der Waals surface area contributed by atoms with Crippen molar-refractivity contribution in [3.05, 3.63) is 0 Å². The fraction of sp³-hybridized carbons (Fsp3) is 0.818. The Kier molecular flexibility index (Phi) is 2.57. The minimum Gasteiger partial charge on any atom is -0.465 e. The predicted octanol–water partition coefficient (Wildman–Crippen LogP) is 0.895. The second-order valence-electron chi connectivity index (χ2n) is 5.22. The van der Waals surface area contributed by atoms with E-state index in [-0.39, 0.29) is 6.10 Å². The number of epoxide rings is 1. The van der Waals surface area contributed by atoms with E-state index in [1.165, 1.54) is 12.0 Å². The quantitative estimate of drug-likeness (QED) is 0.505. The number of fused-ring (bicyclic) bond motifs is 1. The van der Waals surface area contributed by atoms with E-state index in [4.69, 9.17) is 9.47 Å². The molecule has 2 saturated heterocycles. The van der Waals surface area contributed by atoms with Gasteiger partial charge in [0.1, 0.15) is 11.7 Å². The molecule has 2 aliphatic heterocycles. The van der Waals surface area contributed by atoms with Crippen LogP contribution in [0, 0.1) is 0 Å². The zero-order chi connectivity index (χ0) is 12.8. The van der Waals surface area contributed by atoms with Crippen LogP contribution in [0.4, 0.5) is 4.79 Å². The smallest absolute Gasteiger partial charge is 0.413 e. The SMILES string of the molecule is COC(=O)C12OC1CCN2C(=O)OC(C)(C)C. The molecule has 0 aromatic heterocycles. The van der Waals surface area contributed by atoms with Crippen molar-refractivity contribution < 1.29 is 23.8 Å². The summed E-state index contributed by atoms with van der Waals surface area (Å²) in [7, 11) is 1.28. The number of ether oxygens (including phenoxy) is 3. The van der Waals surface area contributed by atoms with E-state index >= 15 is 0 Å². The third kappa shape index (κ3) is 1.86. The van der Waals surface area contributed by atoms with Crippen molar-refractivity contribution in [2.24, 2.45) is 0 Å². The van der Waals surface area contributed by atoms with Crippen LogP contribution < -0.4 is 0 Å². The number of hydrogen-bond acceptors (Lipinski definition) is 5. The standard InChI is InChI=1S/C11H17NO5/c1-10(2,3)17-9(14)12-6-5-7-11(12,16-7)8(13)15-4/h7H,5-6H2,1-4H3. The second kappa shape index (κ2) is 3.60. The predicted molar refractivity (Wildman–Crippen MR) is 57.2 cm³/mol. The molecule has 2 aliphatic rings. The highest BCUT2D eigenvalue weighted by molar-refractivity contribution is 5.88. The lowest BCUT2D eigenvalue weighted by molar-refractivity contribution is -0.154. The molecule has 2 rings (SSSR count). The number of likely N-dealkylation sites (tertiary alicyclic amines) is 1. The van der Waals surface area contributed by atoms with E-state index < -0.39 is 23.4 Å². The van der Waals surface area contributed by atoms with Gasteiger partial charge in [0.15, 0.2) is 0 Å². The molecule has 2 fully saturated rings. The molecule has 0 spiro atoms. The third-order valence-electron chi connectivity index (χ3n) is 2.81. The lowest BCUT2D eigenvalue weighted by Crippen LogP contribution is -2.48. The highest BCUT2D eigenvalue weighted by Crippen LogP contribution is 2.48. The van der Waals surface area contributed by atoms with Gasteiger partial charge in [-0.2, -0.15) is 0 Å². The first-order valence-corrected chi connectivity index (χ1v) is 5.58. The highest BCUT2D eigenvalue weighted by atomic mass is 16.7. The van der Waals surface area contributed by atoms with Crippen molar-refractivity contribution >= 4 is 12.1 Å². The third-order valence-corrected chi connectivity index (χ3v) is 2.81. The topological polar surface area (TPSA) is 68.4 Å². The van der Waals surface area contributed by atoms with Gasteiger partial charge in [0.25, 0.3) is 5.72 Å². The number of esters is 1. The van der Waals surface area contributed by atoms with Gasteiger partial charge < -0.3 is 14.2 Å². The van der Waals surface area contributed by atoms with Crippen molar-refractivity contribution in [2.45, 2.75) is 44.6 Å². The Balaban J connectivity index is 2.11. The first-order valence-electron chi connectivity index (χ1n) is 5.58. The Bertz CT molecular complexity index is 361. The van der Waals surface area contributed by atoms with Crippen molar-refractivity contribution in [3.63, 3.8) is 0 Å². The zero-order valence-corrected chi connectivity index (χ0v) is 10.5. The Morgan fingerprint density at radius 1 is 1.41 bits per heavy atom. The zero-order valence-electron chi connectivity index (χ0n) is 10.5. The molecule has 0 saturated carbocycles. The Morgan fingerprint density at radius 3 is 2.53 bits per heavy atom. The summed E-state index contributed by atoms with van der Waals surface area (Å²) in [6, 6.07) is 0. The van der Waals surface area contributed by atoms with Crippen LogP contribution in [-0.4, -0.2) is 48.0 Å². The average molecular weight is 243 g/mol. The number of carbonyl (C=O) groups excluding carboxylic acids is 2. The van der Waals surface area contributed by atoms with Gasteiger partial charge in [-0.15, -0.1) is 0 Å². The molecule has 96 valence electrons. The largest absolute Gasteiger partial charge is 0.465 e. The van der Waals surface area contributed by atoms with Crippen LogP contribution in [0.3, 0.4) is 0 Å². The maximum atomic E-state index is 11.9. The molecule has 6 heteroatoms. The minimum atomic E-state index is -1.23. The monoisotopic (exact) mass is 243 g/mol. The van der Waals surface area contributed by atoms with Crippen LogP contribution in [0.1, 0.15) is 27.2 Å². The van der Waals surface area contributed by atoms with Gasteiger partial charge in [-0.1, -0.05) is 0 Å². The van der Waals surface area contributed by atoms with Crippen LogP contribution in [0.5, 0.6) is 0 Å². The molecule has 0 bridgehead atoms. The van der Waals surface area contributed by atoms with E-state index in [9.17, 15) is 9.59 Å². The van der Waals surface area contributed by atoms with Crippen molar-refractivity contribution in [1.82, 2.24) is 4.90 Å². The van der Waals surface area contributed by atoms with Gasteiger partial charge in [0, 0.05) is 6.54 Å². The molecular formula is C11H17NO5. The Labute approximate surface area is 99.8 Å². The molecule has 6 nitrogen and oxygen atoms in total. The summed E-state index contributed by atoms with van der Waals surface area (Å²) in [5, 5.41) is 0. The maximum Gasteiger partial charge on any atom is 0.413 e. The number of hydrogen-bond donors (Lipinski definition) is 0. The van der Waals surface area contributed by atoms with Gasteiger partial charge in [-0.3, -0.25) is 4.90 Å². The van der Waals surface area contributed by atoms with E-state index in [1.807, 2.05) is 0 Å². The molecule has 2 atom stereocenters. The molecule has 0 aromatic rings. The number of carbonyl (C=O) groups is 2. The molecule has 1 amide bonds. The molecule has 17 heavy (non-hydrogen) atoms. The fourth-order valence-electron chi connectivity index (χ4n) is 2.07. The van der Waals surface area contributed by atoms with Crippen LogP contribution in [0.25, 0.3) is 0 Å².